The molecule has 0 aliphatic heterocycles. The lowest BCUT2D eigenvalue weighted by molar-refractivity contribution is 0.103. The first kappa shape index (κ1) is 14.5. The van der Waals surface area contributed by atoms with Crippen molar-refractivity contribution >= 4 is 55.5 Å². The summed E-state index contributed by atoms with van der Waals surface area (Å²) < 4.78 is 1.69. The fourth-order valence-corrected chi connectivity index (χ4v) is 3.92. The third kappa shape index (κ3) is 2.95. The molecular formula is C15H13ClN2OS2. The number of hydrogen-bond donors (Lipinski definition) is 1. The van der Waals surface area contributed by atoms with Gasteiger partial charge in [-0.3, -0.25) is 10.1 Å². The van der Waals surface area contributed by atoms with Crippen LogP contribution in [0.5, 0.6) is 0 Å². The number of rotatable bonds is 3. The van der Waals surface area contributed by atoms with E-state index in [0.29, 0.717) is 20.3 Å². The molecule has 3 nitrogen and oxygen atoms in total. The van der Waals surface area contributed by atoms with Gasteiger partial charge < -0.3 is 0 Å². The molecule has 21 heavy (non-hydrogen) atoms. The molecule has 3 rings (SSSR count). The fourth-order valence-electron chi connectivity index (χ4n) is 2.08. The van der Waals surface area contributed by atoms with E-state index in [1.165, 1.54) is 28.2 Å². The Morgan fingerprint density at radius 2 is 2.05 bits per heavy atom. The highest BCUT2D eigenvalue weighted by Gasteiger charge is 2.14. The highest BCUT2D eigenvalue weighted by molar-refractivity contribution is 7.22. The molecule has 3 aromatic rings. The Morgan fingerprint density at radius 1 is 1.24 bits per heavy atom. The molecule has 0 aliphatic rings. The number of nitrogens with one attached hydrogen (secondary N) is 1. The van der Waals surface area contributed by atoms with Gasteiger partial charge in [-0.25, -0.2) is 4.98 Å². The van der Waals surface area contributed by atoms with Crippen molar-refractivity contribution in [2.75, 3.05) is 5.32 Å². The Hall–Kier alpha value is -1.43. The van der Waals surface area contributed by atoms with Gasteiger partial charge in [-0.05, 0) is 29.7 Å². The van der Waals surface area contributed by atoms with Crippen molar-refractivity contribution in [3.63, 3.8) is 0 Å². The maximum atomic E-state index is 12.1. The third-order valence-electron chi connectivity index (χ3n) is 3.09. The molecule has 108 valence electrons. The van der Waals surface area contributed by atoms with Crippen LogP contribution in [0.25, 0.3) is 10.2 Å². The molecule has 2 heterocycles. The first-order valence-corrected chi connectivity index (χ1v) is 8.52. The van der Waals surface area contributed by atoms with Gasteiger partial charge in [0.15, 0.2) is 5.13 Å². The molecule has 1 aromatic carbocycles. The number of para-hydroxylation sites is 1. The van der Waals surface area contributed by atoms with Gasteiger partial charge in [0.05, 0.1) is 19.4 Å². The van der Waals surface area contributed by atoms with Crippen LogP contribution in [0.15, 0.2) is 30.3 Å². The van der Waals surface area contributed by atoms with Gasteiger partial charge in [0.1, 0.15) is 0 Å². The van der Waals surface area contributed by atoms with Crippen molar-refractivity contribution in [3.8, 4) is 0 Å². The molecule has 0 radical (unpaired) electrons. The van der Waals surface area contributed by atoms with E-state index in [2.05, 4.69) is 30.2 Å². The van der Waals surface area contributed by atoms with Crippen LogP contribution in [0.1, 0.15) is 35.0 Å². The van der Waals surface area contributed by atoms with E-state index in [0.717, 1.165) is 10.2 Å². The summed E-state index contributed by atoms with van der Waals surface area (Å²) in [7, 11) is 0. The third-order valence-corrected chi connectivity index (χ3v) is 5.26. The molecule has 0 spiro atoms. The van der Waals surface area contributed by atoms with Gasteiger partial charge in [-0.15, -0.1) is 11.3 Å². The Labute approximate surface area is 135 Å². The second kappa shape index (κ2) is 5.75. The highest BCUT2D eigenvalue weighted by Crippen LogP contribution is 2.32. The Bertz CT molecular complexity index is 807. The summed E-state index contributed by atoms with van der Waals surface area (Å²) in [6.45, 7) is 4.28. The molecule has 0 saturated heterocycles. The number of thiophene rings is 1. The van der Waals surface area contributed by atoms with Gasteiger partial charge in [0.25, 0.3) is 5.91 Å². The molecular weight excluding hydrogens is 324 g/mol. The van der Waals surface area contributed by atoms with E-state index in [9.17, 15) is 4.79 Å². The fraction of sp³-hybridized carbons (Fsp3) is 0.200. The summed E-state index contributed by atoms with van der Waals surface area (Å²) in [6.07, 6.45) is 0. The lowest BCUT2D eigenvalue weighted by atomic mass is 10.0. The Kier molecular flexibility index (Phi) is 3.97. The van der Waals surface area contributed by atoms with Crippen molar-refractivity contribution in [1.82, 2.24) is 4.98 Å². The molecule has 0 unspecified atom stereocenters. The van der Waals surface area contributed by atoms with Crippen LogP contribution in [0.3, 0.4) is 0 Å². The van der Waals surface area contributed by atoms with Crippen LogP contribution in [-0.2, 0) is 0 Å². The second-order valence-electron chi connectivity index (χ2n) is 4.93. The van der Waals surface area contributed by atoms with Crippen molar-refractivity contribution < 1.29 is 4.79 Å². The summed E-state index contributed by atoms with van der Waals surface area (Å²) in [6, 6.07) is 9.57. The smallest absolute Gasteiger partial charge is 0.267 e. The van der Waals surface area contributed by atoms with Gasteiger partial charge in [0, 0.05) is 0 Å². The minimum Gasteiger partial charge on any atom is -0.297 e. The number of thiazole rings is 1. The number of nitrogens with zero attached hydrogens (tertiary/aromatic N) is 1. The first-order valence-electron chi connectivity index (χ1n) is 6.50. The zero-order valence-electron chi connectivity index (χ0n) is 11.5. The minimum absolute atomic E-state index is 0.169. The molecule has 0 aliphatic carbocycles. The quantitative estimate of drug-likeness (QED) is 0.697. The molecule has 0 bridgehead atoms. The molecule has 0 saturated carbocycles. The van der Waals surface area contributed by atoms with E-state index in [4.69, 9.17) is 11.6 Å². The molecule has 2 aromatic heterocycles. The van der Waals surface area contributed by atoms with Crippen molar-refractivity contribution in [1.29, 1.82) is 0 Å². The number of carbonyl (C=O) groups is 1. The number of fused-ring (bicyclic) bond motifs is 1. The number of halogens is 1. The van der Waals surface area contributed by atoms with Crippen LogP contribution in [0, 0.1) is 0 Å². The maximum Gasteiger partial charge on any atom is 0.267 e. The van der Waals surface area contributed by atoms with E-state index in [1.807, 2.05) is 12.1 Å². The SMILES string of the molecule is CC(C)c1cccc2sc(NC(=O)c3ccc(Cl)s3)nc12. The normalized spacial score (nSPS) is 11.2. The topological polar surface area (TPSA) is 42.0 Å². The lowest BCUT2D eigenvalue weighted by Crippen LogP contribution is -2.09. The molecule has 0 fully saturated rings. The van der Waals surface area contributed by atoms with Crippen LogP contribution in [0.4, 0.5) is 5.13 Å². The Morgan fingerprint density at radius 3 is 2.71 bits per heavy atom. The Balaban J connectivity index is 1.91. The van der Waals surface area contributed by atoms with Crippen molar-refractivity contribution in [2.24, 2.45) is 0 Å². The van der Waals surface area contributed by atoms with Crippen LogP contribution in [-0.4, -0.2) is 10.9 Å². The number of aromatic nitrogens is 1. The predicted octanol–water partition coefficient (Wildman–Crippen LogP) is 5.39. The number of carbonyl (C=O) groups excluding carboxylic acids is 1. The van der Waals surface area contributed by atoms with E-state index >= 15 is 0 Å². The number of amides is 1. The molecule has 0 atom stereocenters. The van der Waals surface area contributed by atoms with E-state index < -0.39 is 0 Å². The van der Waals surface area contributed by atoms with Gasteiger partial charge in [-0.2, -0.15) is 0 Å². The zero-order chi connectivity index (χ0) is 15.0. The summed E-state index contributed by atoms with van der Waals surface area (Å²) in [5, 5.41) is 3.47. The minimum atomic E-state index is -0.169. The molecule has 6 heteroatoms. The average Bonchev–Trinajstić information content (AvgIpc) is 3.03. The monoisotopic (exact) mass is 336 g/mol. The van der Waals surface area contributed by atoms with Gasteiger partial charge in [-0.1, -0.05) is 48.9 Å². The van der Waals surface area contributed by atoms with Crippen LogP contribution in [0.2, 0.25) is 4.34 Å². The molecule has 1 N–H and O–H groups in total. The van der Waals surface area contributed by atoms with Gasteiger partial charge in [0.2, 0.25) is 0 Å². The summed E-state index contributed by atoms with van der Waals surface area (Å²) in [5.41, 5.74) is 2.17. The highest BCUT2D eigenvalue weighted by atomic mass is 35.5. The predicted molar refractivity (Wildman–Crippen MR) is 91.0 cm³/mol. The summed E-state index contributed by atoms with van der Waals surface area (Å²) in [5.74, 6) is 0.229. The van der Waals surface area contributed by atoms with Gasteiger partial charge >= 0.3 is 0 Å². The second-order valence-corrected chi connectivity index (χ2v) is 7.67. The molecule has 1 amide bonds. The summed E-state index contributed by atoms with van der Waals surface area (Å²) in [4.78, 5) is 17.3. The van der Waals surface area contributed by atoms with Crippen LogP contribution >= 0.6 is 34.3 Å². The number of hydrogen-bond acceptors (Lipinski definition) is 4. The van der Waals surface area contributed by atoms with Crippen LogP contribution < -0.4 is 5.32 Å². The average molecular weight is 337 g/mol. The number of anilines is 1. The zero-order valence-corrected chi connectivity index (χ0v) is 13.9. The van der Waals surface area contributed by atoms with E-state index in [-0.39, 0.29) is 5.91 Å². The summed E-state index contributed by atoms with van der Waals surface area (Å²) >= 11 is 8.60. The van der Waals surface area contributed by atoms with Crippen molar-refractivity contribution in [2.45, 2.75) is 19.8 Å². The van der Waals surface area contributed by atoms with Crippen molar-refractivity contribution in [3.05, 3.63) is 45.1 Å². The largest absolute Gasteiger partial charge is 0.297 e. The standard InChI is InChI=1S/C15H13ClN2OS2/c1-8(2)9-4-3-5-10-13(9)17-15(21-10)18-14(19)11-6-7-12(16)20-11/h3-8H,1-2H3,(H,17,18,19). The number of benzene rings is 1. The first-order chi connectivity index (χ1) is 10.0. The van der Waals surface area contributed by atoms with E-state index in [1.54, 1.807) is 12.1 Å². The maximum absolute atomic E-state index is 12.1. The lowest BCUT2D eigenvalue weighted by Gasteiger charge is -2.04.